The first-order valence-corrected chi connectivity index (χ1v) is 24.2. The number of carboxylic acids is 4. The van der Waals surface area contributed by atoms with Crippen molar-refractivity contribution in [2.75, 3.05) is 19.7 Å². The second kappa shape index (κ2) is 29.4. The molecule has 0 radical (unpaired) electrons. The Morgan fingerprint density at radius 1 is 0.507 bits per heavy atom. The number of amides is 10. The first-order chi connectivity index (χ1) is 34.9. The van der Waals surface area contributed by atoms with E-state index in [1.807, 2.05) is 5.32 Å². The molecule has 2 aliphatic heterocycles. The van der Waals surface area contributed by atoms with Gasteiger partial charge in [0.05, 0.1) is 38.3 Å². The third-order valence-corrected chi connectivity index (χ3v) is 12.1. The first kappa shape index (κ1) is 63.6. The van der Waals surface area contributed by atoms with Crippen molar-refractivity contribution in [2.24, 2.45) is 29.2 Å². The molecule has 10 amide bonds. The first-order valence-electron chi connectivity index (χ1n) is 24.2. The average Bonchev–Trinajstić information content (AvgIpc) is 4.00. The molecule has 0 spiro atoms. The van der Waals surface area contributed by atoms with Crippen molar-refractivity contribution in [3.8, 4) is 0 Å². The highest BCUT2D eigenvalue weighted by Gasteiger charge is 2.45. The van der Waals surface area contributed by atoms with Gasteiger partial charge in [-0.25, -0.2) is 4.79 Å². The number of hydrogen-bond acceptors (Lipinski definition) is 16. The molecule has 75 heavy (non-hydrogen) atoms. The van der Waals surface area contributed by atoms with E-state index in [9.17, 15) is 82.4 Å². The molecule has 0 bridgehead atoms. The van der Waals surface area contributed by atoms with Gasteiger partial charge in [0.1, 0.15) is 54.4 Å². The monoisotopic (exact) mass is 1070 g/mol. The summed E-state index contributed by atoms with van der Waals surface area (Å²) >= 11 is 0. The van der Waals surface area contributed by atoms with Crippen LogP contribution < -0.4 is 48.7 Å². The van der Waals surface area contributed by atoms with Crippen LogP contribution in [0.25, 0.3) is 0 Å². The number of primary amides is 1. The van der Waals surface area contributed by atoms with Gasteiger partial charge < -0.3 is 84.0 Å². The molecular weight excluding hydrogens is 999 g/mol. The minimum absolute atomic E-state index is 0.0273. The standard InChI is InChI=1S/C45H71N11O19/c1-19(2)13-25(50-36(65)22(46)14-31(59)60)43(72)56-12-8-10-29(56)44(73)55-11-7-9-28(55)40(69)49-23(15-30(47)58)37(66)52-27(18-57)39(68)48-24(16-32(61)62)38(67)53-35(21(5)6)42(71)54-34(20(3)4)41(70)51-26(45(74)75)17-33(63)64/h19-29,34-35,57H,7-18,46H2,1-6H3,(H2,47,58)(H,48,68)(H,49,69)(H,50,65)(H,51,70)(H,52,66)(H,53,67)(H,54,71)(H,59,60)(H,61,62)(H,63,64)(H,74,75)/t22-,23-,24-,25-,26-,27-,28-,29-,34-,35-/m0/s1. The Kier molecular flexibility index (Phi) is 24.9. The van der Waals surface area contributed by atoms with Crippen LogP contribution in [-0.4, -0.2) is 198 Å². The smallest absolute Gasteiger partial charge is 0.326 e. The summed E-state index contributed by atoms with van der Waals surface area (Å²) in [5.74, 6) is -18.1. The fourth-order valence-electron chi connectivity index (χ4n) is 8.24. The molecule has 2 fully saturated rings. The molecule has 0 aromatic rings. The largest absolute Gasteiger partial charge is 0.481 e. The molecule has 0 saturated carbocycles. The molecular formula is C45H71N11O19. The van der Waals surface area contributed by atoms with Crippen molar-refractivity contribution >= 4 is 82.9 Å². The second-order valence-electron chi connectivity index (χ2n) is 19.4. The number of aliphatic carboxylic acids is 4. The number of aliphatic hydroxyl groups is 1. The molecule has 0 aromatic carbocycles. The summed E-state index contributed by atoms with van der Waals surface area (Å²) in [6, 6.07) is -15.7. The fraction of sp³-hybridized carbons (Fsp3) is 0.689. The van der Waals surface area contributed by atoms with Gasteiger partial charge in [0, 0.05) is 13.1 Å². The summed E-state index contributed by atoms with van der Waals surface area (Å²) in [6.45, 7) is 8.29. The lowest BCUT2D eigenvalue weighted by atomic mass is 9.98. The van der Waals surface area contributed by atoms with Crippen molar-refractivity contribution in [2.45, 2.75) is 160 Å². The number of nitrogens with two attached hydrogens (primary N) is 2. The van der Waals surface area contributed by atoms with Crippen LogP contribution in [0.4, 0.5) is 0 Å². The molecule has 2 aliphatic rings. The number of aliphatic hydroxyl groups excluding tert-OH is 1. The van der Waals surface area contributed by atoms with Crippen molar-refractivity contribution in [3.05, 3.63) is 0 Å². The van der Waals surface area contributed by atoms with Gasteiger partial charge in [0.25, 0.3) is 0 Å². The maximum atomic E-state index is 14.2. The molecule has 0 unspecified atom stereocenters. The number of nitrogens with zero attached hydrogens (tertiary/aromatic N) is 2. The van der Waals surface area contributed by atoms with Crippen molar-refractivity contribution in [1.82, 2.24) is 47.0 Å². The van der Waals surface area contributed by atoms with E-state index in [1.54, 1.807) is 13.8 Å². The molecule has 0 aliphatic carbocycles. The van der Waals surface area contributed by atoms with E-state index in [0.717, 1.165) is 0 Å². The topological polar surface area (TPSA) is 483 Å². The predicted octanol–water partition coefficient (Wildman–Crippen LogP) is -5.58. The Bertz CT molecular complexity index is 2170. The summed E-state index contributed by atoms with van der Waals surface area (Å²) in [6.07, 6.45) is -2.72. The lowest BCUT2D eigenvalue weighted by Gasteiger charge is -2.33. The van der Waals surface area contributed by atoms with Crippen LogP contribution >= 0.6 is 0 Å². The second-order valence-corrected chi connectivity index (χ2v) is 19.4. The number of carboxylic acid groups (broad SMARTS) is 4. The summed E-state index contributed by atoms with van der Waals surface area (Å²) < 4.78 is 0. The van der Waals surface area contributed by atoms with Crippen molar-refractivity contribution in [1.29, 1.82) is 0 Å². The Hall–Kier alpha value is -7.50. The zero-order valence-electron chi connectivity index (χ0n) is 42.5. The minimum atomic E-state index is -2.01. The maximum absolute atomic E-state index is 14.2. The zero-order chi connectivity index (χ0) is 57.2. The Morgan fingerprint density at radius 3 is 1.43 bits per heavy atom. The molecule has 10 atom stereocenters. The Balaban J connectivity index is 2.26. The van der Waals surface area contributed by atoms with Crippen LogP contribution in [0.15, 0.2) is 0 Å². The van der Waals surface area contributed by atoms with E-state index in [2.05, 4.69) is 31.9 Å². The van der Waals surface area contributed by atoms with Crippen LogP contribution in [0.2, 0.25) is 0 Å². The number of carbonyl (C=O) groups excluding carboxylic acids is 10. The minimum Gasteiger partial charge on any atom is -0.481 e. The van der Waals surface area contributed by atoms with Gasteiger partial charge in [-0.1, -0.05) is 41.5 Å². The predicted molar refractivity (Wildman–Crippen MR) is 255 cm³/mol. The van der Waals surface area contributed by atoms with Gasteiger partial charge in [-0.3, -0.25) is 62.3 Å². The maximum Gasteiger partial charge on any atom is 0.326 e. The SMILES string of the molecule is CC(C)C[C@H](NC(=O)[C@@H](N)CC(=O)O)C(=O)N1CCC[C@H]1C(=O)N1CCC[C@H]1C(=O)N[C@@H](CC(N)=O)C(=O)N[C@@H](CO)C(=O)N[C@@H](CC(=O)O)C(=O)N[C@H](C(=O)N[C@H](C(=O)N[C@@H](CC(=O)O)C(=O)O)C(C)C)C(C)C. The summed E-state index contributed by atoms with van der Waals surface area (Å²) in [5, 5.41) is 63.0. The molecule has 420 valence electrons. The Labute approximate surface area is 430 Å². The molecule has 30 nitrogen and oxygen atoms in total. The van der Waals surface area contributed by atoms with E-state index in [-0.39, 0.29) is 44.7 Å². The number of nitrogens with one attached hydrogen (secondary N) is 7. The van der Waals surface area contributed by atoms with E-state index in [1.165, 1.54) is 37.5 Å². The van der Waals surface area contributed by atoms with Crippen molar-refractivity contribution < 1.29 is 92.7 Å². The molecule has 2 rings (SSSR count). The van der Waals surface area contributed by atoms with Gasteiger partial charge in [-0.2, -0.15) is 0 Å². The van der Waals surface area contributed by atoms with E-state index < -0.39 is 187 Å². The highest BCUT2D eigenvalue weighted by atomic mass is 16.4. The summed E-state index contributed by atoms with van der Waals surface area (Å²) in [4.78, 5) is 182. The lowest BCUT2D eigenvalue weighted by molar-refractivity contribution is -0.148. The summed E-state index contributed by atoms with van der Waals surface area (Å²) in [5.41, 5.74) is 11.1. The normalized spacial score (nSPS) is 18.5. The quantitative estimate of drug-likeness (QED) is 0.0319. The third kappa shape index (κ3) is 19.7. The van der Waals surface area contributed by atoms with Gasteiger partial charge in [0.2, 0.25) is 59.1 Å². The molecule has 0 aromatic heterocycles. The van der Waals surface area contributed by atoms with Gasteiger partial charge in [0.15, 0.2) is 0 Å². The molecule has 2 heterocycles. The van der Waals surface area contributed by atoms with Crippen LogP contribution in [-0.2, 0) is 67.1 Å². The zero-order valence-corrected chi connectivity index (χ0v) is 42.5. The number of likely N-dealkylation sites (tertiary alicyclic amines) is 2. The fourth-order valence-corrected chi connectivity index (χ4v) is 8.24. The Morgan fingerprint density at radius 2 is 0.933 bits per heavy atom. The number of hydrogen-bond donors (Lipinski definition) is 14. The van der Waals surface area contributed by atoms with E-state index in [0.29, 0.717) is 6.42 Å². The van der Waals surface area contributed by atoms with Gasteiger partial charge in [-0.15, -0.1) is 0 Å². The highest BCUT2D eigenvalue weighted by Crippen LogP contribution is 2.27. The van der Waals surface area contributed by atoms with Crippen molar-refractivity contribution in [3.63, 3.8) is 0 Å². The van der Waals surface area contributed by atoms with Crippen LogP contribution in [0.3, 0.4) is 0 Å². The van der Waals surface area contributed by atoms with E-state index >= 15 is 0 Å². The average molecular weight is 1070 g/mol. The molecule has 30 heteroatoms. The van der Waals surface area contributed by atoms with Gasteiger partial charge >= 0.3 is 23.9 Å². The van der Waals surface area contributed by atoms with Crippen LogP contribution in [0.5, 0.6) is 0 Å². The number of rotatable bonds is 30. The molecule has 16 N–H and O–H groups in total. The molecule has 2 saturated heterocycles. The summed E-state index contributed by atoms with van der Waals surface area (Å²) in [7, 11) is 0. The van der Waals surface area contributed by atoms with E-state index in [4.69, 9.17) is 21.7 Å². The third-order valence-electron chi connectivity index (χ3n) is 12.1. The van der Waals surface area contributed by atoms with Gasteiger partial charge in [-0.05, 0) is 49.9 Å². The number of carbonyl (C=O) groups is 14. The van der Waals surface area contributed by atoms with Crippen LogP contribution in [0, 0.1) is 17.8 Å². The van der Waals surface area contributed by atoms with Crippen LogP contribution in [0.1, 0.15) is 99.3 Å². The lowest BCUT2D eigenvalue weighted by Crippen LogP contribution is -2.62. The highest BCUT2D eigenvalue weighted by molar-refractivity contribution is 6.00.